The molecule has 3 aromatic rings. The third-order valence-electron chi connectivity index (χ3n) is 2.95. The van der Waals surface area contributed by atoms with Crippen molar-refractivity contribution in [1.29, 1.82) is 0 Å². The standard InChI is InChI=1S/C13H10F3N3S2/c14-13(15,16)12-18-6-10(21-12)11(19-17)9-5-7-3-1-2-4-8(7)20-9/h1-6,11,19H,17H2. The van der Waals surface area contributed by atoms with Crippen LogP contribution in [-0.4, -0.2) is 4.98 Å². The van der Waals surface area contributed by atoms with Crippen molar-refractivity contribution >= 4 is 32.8 Å². The molecule has 3 N–H and O–H groups in total. The molecule has 2 heterocycles. The molecule has 3 nitrogen and oxygen atoms in total. The van der Waals surface area contributed by atoms with E-state index in [2.05, 4.69) is 10.4 Å². The monoisotopic (exact) mass is 329 g/mol. The van der Waals surface area contributed by atoms with E-state index < -0.39 is 17.2 Å². The van der Waals surface area contributed by atoms with Gasteiger partial charge >= 0.3 is 6.18 Å². The number of benzene rings is 1. The van der Waals surface area contributed by atoms with Gasteiger partial charge in [-0.15, -0.1) is 22.7 Å². The van der Waals surface area contributed by atoms with E-state index in [1.54, 1.807) is 0 Å². The van der Waals surface area contributed by atoms with Gasteiger partial charge in [0.15, 0.2) is 5.01 Å². The lowest BCUT2D eigenvalue weighted by molar-refractivity contribution is -0.137. The van der Waals surface area contributed by atoms with Crippen molar-refractivity contribution < 1.29 is 13.2 Å². The number of fused-ring (bicyclic) bond motifs is 1. The molecule has 0 spiro atoms. The fourth-order valence-corrected chi connectivity index (χ4v) is 4.08. The molecular formula is C13H10F3N3S2. The van der Waals surface area contributed by atoms with Gasteiger partial charge in [-0.2, -0.15) is 13.2 Å². The lowest BCUT2D eigenvalue weighted by Crippen LogP contribution is -2.27. The summed E-state index contributed by atoms with van der Waals surface area (Å²) in [5, 5.41) is 0.178. The third-order valence-corrected chi connectivity index (χ3v) is 5.23. The minimum absolute atomic E-state index is 0.441. The summed E-state index contributed by atoms with van der Waals surface area (Å²) in [6.45, 7) is 0. The number of hydrogen-bond donors (Lipinski definition) is 2. The van der Waals surface area contributed by atoms with Gasteiger partial charge in [0, 0.05) is 20.7 Å². The SMILES string of the molecule is NNC(c1cnc(C(F)(F)F)s1)c1cc2ccccc2s1. The molecule has 1 unspecified atom stereocenters. The number of rotatable bonds is 3. The van der Waals surface area contributed by atoms with Crippen molar-refractivity contribution in [2.75, 3.05) is 0 Å². The summed E-state index contributed by atoms with van der Waals surface area (Å²) in [6.07, 6.45) is -3.20. The van der Waals surface area contributed by atoms with Crippen LogP contribution in [0.2, 0.25) is 0 Å². The summed E-state index contributed by atoms with van der Waals surface area (Å²) in [6, 6.07) is 9.19. The highest BCUT2D eigenvalue weighted by Crippen LogP contribution is 2.38. The summed E-state index contributed by atoms with van der Waals surface area (Å²) >= 11 is 2.10. The lowest BCUT2D eigenvalue weighted by Gasteiger charge is -2.11. The fraction of sp³-hybridized carbons (Fsp3) is 0.154. The van der Waals surface area contributed by atoms with Gasteiger partial charge in [0.05, 0.1) is 6.04 Å². The van der Waals surface area contributed by atoms with E-state index >= 15 is 0 Å². The second kappa shape index (κ2) is 5.38. The van der Waals surface area contributed by atoms with Crippen molar-refractivity contribution in [2.45, 2.75) is 12.2 Å². The maximum absolute atomic E-state index is 12.6. The number of hydrazine groups is 1. The summed E-state index contributed by atoms with van der Waals surface area (Å²) in [5.74, 6) is 5.53. The van der Waals surface area contributed by atoms with Gasteiger partial charge in [-0.05, 0) is 17.5 Å². The smallest absolute Gasteiger partial charge is 0.271 e. The van der Waals surface area contributed by atoms with E-state index in [1.807, 2.05) is 30.3 Å². The Labute approximate surface area is 126 Å². The molecule has 0 saturated heterocycles. The fourth-order valence-electron chi connectivity index (χ4n) is 2.00. The molecule has 21 heavy (non-hydrogen) atoms. The summed E-state index contributed by atoms with van der Waals surface area (Å²) < 4.78 is 39.0. The van der Waals surface area contributed by atoms with Crippen molar-refractivity contribution in [3.05, 3.63) is 51.3 Å². The number of thiazole rings is 1. The van der Waals surface area contributed by atoms with Gasteiger partial charge in [0.25, 0.3) is 0 Å². The Morgan fingerprint density at radius 3 is 2.52 bits per heavy atom. The van der Waals surface area contributed by atoms with E-state index in [4.69, 9.17) is 5.84 Å². The largest absolute Gasteiger partial charge is 0.443 e. The Morgan fingerprint density at radius 2 is 1.90 bits per heavy atom. The molecule has 0 radical (unpaired) electrons. The van der Waals surface area contributed by atoms with Gasteiger partial charge in [-0.1, -0.05) is 18.2 Å². The molecule has 0 fully saturated rings. The quantitative estimate of drug-likeness (QED) is 0.565. The molecular weight excluding hydrogens is 319 g/mol. The third kappa shape index (κ3) is 2.80. The van der Waals surface area contributed by atoms with Gasteiger partial charge in [-0.3, -0.25) is 5.84 Å². The van der Waals surface area contributed by atoms with E-state index in [1.165, 1.54) is 17.5 Å². The van der Waals surface area contributed by atoms with Crippen LogP contribution in [0.25, 0.3) is 10.1 Å². The van der Waals surface area contributed by atoms with Crippen molar-refractivity contribution in [2.24, 2.45) is 5.84 Å². The number of hydrogen-bond acceptors (Lipinski definition) is 5. The molecule has 1 aromatic carbocycles. The van der Waals surface area contributed by atoms with Crippen molar-refractivity contribution in [3.8, 4) is 0 Å². The molecule has 0 saturated carbocycles. The Balaban J connectivity index is 1.99. The topological polar surface area (TPSA) is 50.9 Å². The van der Waals surface area contributed by atoms with Gasteiger partial charge in [0.2, 0.25) is 0 Å². The molecule has 0 amide bonds. The van der Waals surface area contributed by atoms with E-state index in [0.29, 0.717) is 16.2 Å². The zero-order chi connectivity index (χ0) is 15.0. The Bertz CT molecular complexity index is 730. The van der Waals surface area contributed by atoms with Crippen LogP contribution in [0.1, 0.15) is 20.8 Å². The zero-order valence-electron chi connectivity index (χ0n) is 10.5. The van der Waals surface area contributed by atoms with Crippen LogP contribution in [-0.2, 0) is 6.18 Å². The number of thiophene rings is 1. The minimum Gasteiger partial charge on any atom is -0.271 e. The Kier molecular flexibility index (Phi) is 3.70. The average molecular weight is 329 g/mol. The number of alkyl halides is 3. The average Bonchev–Trinajstić information content (AvgIpc) is 3.05. The molecule has 0 aliphatic carbocycles. The van der Waals surface area contributed by atoms with Crippen LogP contribution in [0.4, 0.5) is 13.2 Å². The first-order valence-electron chi connectivity index (χ1n) is 5.96. The van der Waals surface area contributed by atoms with Crippen molar-refractivity contribution in [3.63, 3.8) is 0 Å². The van der Waals surface area contributed by atoms with Crippen LogP contribution in [0.15, 0.2) is 36.5 Å². The molecule has 3 rings (SSSR count). The molecule has 110 valence electrons. The molecule has 0 aliphatic rings. The predicted octanol–water partition coefficient (Wildman–Crippen LogP) is 3.93. The second-order valence-electron chi connectivity index (χ2n) is 4.35. The minimum atomic E-state index is -4.43. The van der Waals surface area contributed by atoms with Gasteiger partial charge < -0.3 is 0 Å². The second-order valence-corrected chi connectivity index (χ2v) is 6.53. The molecule has 2 aromatic heterocycles. The Hall–Kier alpha value is -1.48. The predicted molar refractivity (Wildman–Crippen MR) is 78.1 cm³/mol. The lowest BCUT2D eigenvalue weighted by atomic mass is 10.2. The van der Waals surface area contributed by atoms with Crippen LogP contribution >= 0.6 is 22.7 Å². The highest BCUT2D eigenvalue weighted by molar-refractivity contribution is 7.19. The molecule has 8 heteroatoms. The molecule has 1 atom stereocenters. The van der Waals surface area contributed by atoms with Crippen LogP contribution in [0.5, 0.6) is 0 Å². The maximum atomic E-state index is 12.6. The first kappa shape index (κ1) is 14.5. The summed E-state index contributed by atoms with van der Waals surface area (Å²) in [5.41, 5.74) is 2.57. The molecule has 0 aliphatic heterocycles. The first-order chi connectivity index (χ1) is 9.99. The van der Waals surface area contributed by atoms with Crippen molar-refractivity contribution in [1.82, 2.24) is 10.4 Å². The zero-order valence-corrected chi connectivity index (χ0v) is 12.1. The van der Waals surface area contributed by atoms with Gasteiger partial charge in [0.1, 0.15) is 0 Å². The number of nitrogens with one attached hydrogen (secondary N) is 1. The normalized spacial score (nSPS) is 13.7. The first-order valence-corrected chi connectivity index (χ1v) is 7.60. The van der Waals surface area contributed by atoms with E-state index in [9.17, 15) is 13.2 Å². The van der Waals surface area contributed by atoms with Crippen LogP contribution in [0, 0.1) is 0 Å². The van der Waals surface area contributed by atoms with E-state index in [-0.39, 0.29) is 0 Å². The molecule has 0 bridgehead atoms. The van der Waals surface area contributed by atoms with Crippen LogP contribution < -0.4 is 11.3 Å². The highest BCUT2D eigenvalue weighted by atomic mass is 32.1. The summed E-state index contributed by atoms with van der Waals surface area (Å²) in [4.78, 5) is 4.74. The summed E-state index contributed by atoms with van der Waals surface area (Å²) in [7, 11) is 0. The highest BCUT2D eigenvalue weighted by Gasteiger charge is 2.35. The number of nitrogens with zero attached hydrogens (tertiary/aromatic N) is 1. The van der Waals surface area contributed by atoms with E-state index in [0.717, 1.165) is 15.0 Å². The number of nitrogens with two attached hydrogens (primary N) is 1. The van der Waals surface area contributed by atoms with Crippen LogP contribution in [0.3, 0.4) is 0 Å². The Morgan fingerprint density at radius 1 is 1.14 bits per heavy atom. The number of aromatic nitrogens is 1. The maximum Gasteiger partial charge on any atom is 0.443 e. The van der Waals surface area contributed by atoms with Gasteiger partial charge in [-0.25, -0.2) is 10.4 Å². The number of halogens is 3.